The first-order valence-corrected chi connectivity index (χ1v) is 6.87. The van der Waals surface area contributed by atoms with Crippen LogP contribution in [-0.4, -0.2) is 41.6 Å². The van der Waals surface area contributed by atoms with Crippen molar-refractivity contribution in [3.63, 3.8) is 0 Å². The number of rotatable bonds is 9. The summed E-state index contributed by atoms with van der Waals surface area (Å²) in [6.45, 7) is 4.63. The fraction of sp³-hybridized carbons (Fsp3) is 0.600. The van der Waals surface area contributed by atoms with Crippen molar-refractivity contribution >= 4 is 0 Å². The molecule has 2 atom stereocenters. The van der Waals surface area contributed by atoms with Gasteiger partial charge in [0.2, 0.25) is 0 Å². The standard InChI is InChI=1S/C15H24FNO3/c1-3-15(2,19)11-17-8-13(18)10-20-9-12-6-4-5-7-14(12)16/h4-7,13,17-19H,3,8-11H2,1-2H3. The fourth-order valence-electron chi connectivity index (χ4n) is 1.61. The zero-order chi connectivity index (χ0) is 15.0. The smallest absolute Gasteiger partial charge is 0.128 e. The van der Waals surface area contributed by atoms with E-state index in [2.05, 4.69) is 5.32 Å². The van der Waals surface area contributed by atoms with E-state index in [0.717, 1.165) is 0 Å². The first-order chi connectivity index (χ1) is 9.44. The van der Waals surface area contributed by atoms with Crippen molar-refractivity contribution in [2.24, 2.45) is 0 Å². The second-order valence-electron chi connectivity index (χ2n) is 5.24. The zero-order valence-electron chi connectivity index (χ0n) is 12.1. The Labute approximate surface area is 119 Å². The second kappa shape index (κ2) is 8.32. The van der Waals surface area contributed by atoms with Crippen molar-refractivity contribution in [2.75, 3.05) is 19.7 Å². The molecule has 114 valence electrons. The second-order valence-corrected chi connectivity index (χ2v) is 5.24. The van der Waals surface area contributed by atoms with Crippen molar-refractivity contribution in [1.29, 1.82) is 0 Å². The van der Waals surface area contributed by atoms with E-state index in [9.17, 15) is 14.6 Å². The van der Waals surface area contributed by atoms with Crippen molar-refractivity contribution < 1.29 is 19.3 Å². The van der Waals surface area contributed by atoms with Crippen LogP contribution >= 0.6 is 0 Å². The topological polar surface area (TPSA) is 61.7 Å². The normalized spacial score (nSPS) is 15.8. The third-order valence-corrected chi connectivity index (χ3v) is 3.17. The molecule has 0 fully saturated rings. The van der Waals surface area contributed by atoms with Gasteiger partial charge in [0.25, 0.3) is 0 Å². The molecule has 0 heterocycles. The molecule has 3 N–H and O–H groups in total. The molecule has 1 rings (SSSR count). The Morgan fingerprint density at radius 3 is 2.75 bits per heavy atom. The van der Waals surface area contributed by atoms with E-state index in [4.69, 9.17) is 4.74 Å². The van der Waals surface area contributed by atoms with Crippen molar-refractivity contribution in [1.82, 2.24) is 5.32 Å². The van der Waals surface area contributed by atoms with Gasteiger partial charge in [-0.05, 0) is 19.4 Å². The average molecular weight is 285 g/mol. The lowest BCUT2D eigenvalue weighted by Crippen LogP contribution is -2.41. The number of benzene rings is 1. The minimum atomic E-state index is -0.770. The molecule has 4 nitrogen and oxygen atoms in total. The van der Waals surface area contributed by atoms with Crippen LogP contribution in [0.4, 0.5) is 4.39 Å². The van der Waals surface area contributed by atoms with Gasteiger partial charge in [0, 0.05) is 18.7 Å². The van der Waals surface area contributed by atoms with Gasteiger partial charge in [-0.25, -0.2) is 4.39 Å². The number of aliphatic hydroxyl groups excluding tert-OH is 1. The van der Waals surface area contributed by atoms with Gasteiger partial charge in [0.1, 0.15) is 5.82 Å². The van der Waals surface area contributed by atoms with E-state index in [1.54, 1.807) is 25.1 Å². The van der Waals surface area contributed by atoms with E-state index in [0.29, 0.717) is 25.1 Å². The Hall–Kier alpha value is -1.01. The Morgan fingerprint density at radius 2 is 2.10 bits per heavy atom. The summed E-state index contributed by atoms with van der Waals surface area (Å²) in [4.78, 5) is 0. The van der Waals surface area contributed by atoms with Gasteiger partial charge in [-0.1, -0.05) is 25.1 Å². The highest BCUT2D eigenvalue weighted by Crippen LogP contribution is 2.08. The first kappa shape index (κ1) is 17.0. The highest BCUT2D eigenvalue weighted by Gasteiger charge is 2.17. The van der Waals surface area contributed by atoms with Crippen molar-refractivity contribution in [3.8, 4) is 0 Å². The van der Waals surface area contributed by atoms with Gasteiger partial charge in [0.05, 0.1) is 24.9 Å². The monoisotopic (exact) mass is 285 g/mol. The van der Waals surface area contributed by atoms with Crippen LogP contribution < -0.4 is 5.32 Å². The largest absolute Gasteiger partial charge is 0.389 e. The summed E-state index contributed by atoms with van der Waals surface area (Å²) in [6.07, 6.45) is -0.0469. The molecular weight excluding hydrogens is 261 g/mol. The van der Waals surface area contributed by atoms with Crippen LogP contribution in [0.25, 0.3) is 0 Å². The molecule has 0 amide bonds. The molecule has 0 aliphatic carbocycles. The quantitative estimate of drug-likeness (QED) is 0.643. The highest BCUT2D eigenvalue weighted by atomic mass is 19.1. The Kier molecular flexibility index (Phi) is 7.09. The summed E-state index contributed by atoms with van der Waals surface area (Å²) in [5.41, 5.74) is -0.296. The van der Waals surface area contributed by atoms with E-state index in [1.807, 2.05) is 6.92 Å². The van der Waals surface area contributed by atoms with Crippen LogP contribution in [0, 0.1) is 5.82 Å². The molecule has 1 aromatic rings. The molecule has 5 heteroatoms. The molecule has 2 unspecified atom stereocenters. The van der Waals surface area contributed by atoms with Crippen LogP contribution in [0.1, 0.15) is 25.8 Å². The summed E-state index contributed by atoms with van der Waals surface area (Å²) in [7, 11) is 0. The van der Waals surface area contributed by atoms with Crippen molar-refractivity contribution in [2.45, 2.75) is 38.6 Å². The summed E-state index contributed by atoms with van der Waals surface area (Å²) in [5, 5.41) is 22.5. The molecular formula is C15H24FNO3. The highest BCUT2D eigenvalue weighted by molar-refractivity contribution is 5.16. The Bertz CT molecular complexity index is 398. The van der Waals surface area contributed by atoms with Crippen LogP contribution in [0.5, 0.6) is 0 Å². The number of ether oxygens (including phenoxy) is 1. The predicted octanol–water partition coefficient (Wildman–Crippen LogP) is 1.45. The lowest BCUT2D eigenvalue weighted by Gasteiger charge is -2.22. The lowest BCUT2D eigenvalue weighted by molar-refractivity contribution is 0.0193. The van der Waals surface area contributed by atoms with Crippen molar-refractivity contribution in [3.05, 3.63) is 35.6 Å². The summed E-state index contributed by atoms with van der Waals surface area (Å²) in [6, 6.07) is 6.39. The summed E-state index contributed by atoms with van der Waals surface area (Å²) >= 11 is 0. The molecule has 0 spiro atoms. The fourth-order valence-corrected chi connectivity index (χ4v) is 1.61. The zero-order valence-corrected chi connectivity index (χ0v) is 12.1. The van der Waals surface area contributed by atoms with Gasteiger partial charge >= 0.3 is 0 Å². The van der Waals surface area contributed by atoms with Crippen LogP contribution in [0.15, 0.2) is 24.3 Å². The SMILES string of the molecule is CCC(C)(O)CNCC(O)COCc1ccccc1F. The molecule has 0 aromatic heterocycles. The maximum atomic E-state index is 13.3. The Balaban J connectivity index is 2.18. The molecule has 0 saturated carbocycles. The van der Waals surface area contributed by atoms with Crippen LogP contribution in [0.3, 0.4) is 0 Å². The van der Waals surface area contributed by atoms with Crippen LogP contribution in [0.2, 0.25) is 0 Å². The maximum absolute atomic E-state index is 13.3. The number of hydrogen-bond donors (Lipinski definition) is 3. The van der Waals surface area contributed by atoms with Crippen LogP contribution in [-0.2, 0) is 11.3 Å². The third kappa shape index (κ3) is 6.43. The van der Waals surface area contributed by atoms with E-state index < -0.39 is 11.7 Å². The Morgan fingerprint density at radius 1 is 1.40 bits per heavy atom. The number of aliphatic hydroxyl groups is 2. The maximum Gasteiger partial charge on any atom is 0.128 e. The molecule has 0 aliphatic rings. The van der Waals surface area contributed by atoms with E-state index >= 15 is 0 Å². The molecule has 0 radical (unpaired) electrons. The molecule has 20 heavy (non-hydrogen) atoms. The first-order valence-electron chi connectivity index (χ1n) is 6.87. The molecule has 0 aliphatic heterocycles. The van der Waals surface area contributed by atoms with Gasteiger partial charge in [-0.3, -0.25) is 0 Å². The molecule has 1 aromatic carbocycles. The number of nitrogens with one attached hydrogen (secondary N) is 1. The predicted molar refractivity (Wildman–Crippen MR) is 75.8 cm³/mol. The molecule has 0 bridgehead atoms. The average Bonchev–Trinajstić information content (AvgIpc) is 2.41. The van der Waals surface area contributed by atoms with Gasteiger partial charge < -0.3 is 20.3 Å². The summed E-state index contributed by atoms with van der Waals surface area (Å²) in [5.74, 6) is -0.306. The third-order valence-electron chi connectivity index (χ3n) is 3.17. The molecule has 0 saturated heterocycles. The number of halogens is 1. The van der Waals surface area contributed by atoms with E-state index in [-0.39, 0.29) is 19.0 Å². The van der Waals surface area contributed by atoms with Gasteiger partial charge in [-0.15, -0.1) is 0 Å². The minimum absolute atomic E-state index is 0.121. The van der Waals surface area contributed by atoms with E-state index in [1.165, 1.54) is 6.07 Å². The minimum Gasteiger partial charge on any atom is -0.389 e. The number of hydrogen-bond acceptors (Lipinski definition) is 4. The lowest BCUT2D eigenvalue weighted by atomic mass is 10.0. The van der Waals surface area contributed by atoms with Gasteiger partial charge in [-0.2, -0.15) is 0 Å². The van der Waals surface area contributed by atoms with Gasteiger partial charge in [0.15, 0.2) is 0 Å². The summed E-state index contributed by atoms with van der Waals surface area (Å²) < 4.78 is 18.6.